The number of fused-ring (bicyclic) bond motifs is 5. The Morgan fingerprint density at radius 1 is 0.939 bits per heavy atom. The van der Waals surface area contributed by atoms with Crippen molar-refractivity contribution in [3.8, 4) is 5.75 Å². The fourth-order valence-corrected chi connectivity index (χ4v) is 6.62. The highest BCUT2D eigenvalue weighted by atomic mass is 16.5. The van der Waals surface area contributed by atoms with E-state index in [1.807, 2.05) is 72.5 Å². The first-order valence-corrected chi connectivity index (χ1v) is 17.2. The summed E-state index contributed by atoms with van der Waals surface area (Å²) in [5.41, 5.74) is 16.7. The van der Waals surface area contributed by atoms with E-state index < -0.39 is 12.1 Å². The van der Waals surface area contributed by atoms with Gasteiger partial charge in [0.1, 0.15) is 11.8 Å². The molecule has 3 aliphatic heterocycles. The molecule has 3 aromatic carbocycles. The lowest BCUT2D eigenvalue weighted by molar-refractivity contribution is -0.135. The van der Waals surface area contributed by atoms with Gasteiger partial charge < -0.3 is 31.7 Å². The number of rotatable bonds is 3. The van der Waals surface area contributed by atoms with Crippen LogP contribution in [0, 0.1) is 12.8 Å². The molecule has 1 saturated heterocycles. The van der Waals surface area contributed by atoms with Crippen LogP contribution in [-0.2, 0) is 33.8 Å². The normalized spacial score (nSPS) is 20.0. The van der Waals surface area contributed by atoms with Gasteiger partial charge in [-0.2, -0.15) is 0 Å². The Morgan fingerprint density at radius 2 is 1.76 bits per heavy atom. The van der Waals surface area contributed by atoms with Crippen LogP contribution in [0.25, 0.3) is 0 Å². The van der Waals surface area contributed by atoms with E-state index in [1.54, 1.807) is 11.0 Å². The Balaban J connectivity index is 0.000000299. The van der Waals surface area contributed by atoms with Crippen LogP contribution in [0.3, 0.4) is 0 Å². The van der Waals surface area contributed by atoms with Crippen molar-refractivity contribution in [3.05, 3.63) is 89.0 Å². The zero-order chi connectivity index (χ0) is 34.8. The molecule has 3 aromatic rings. The number of urea groups is 1. The van der Waals surface area contributed by atoms with E-state index in [1.165, 1.54) is 0 Å². The number of benzene rings is 3. The molecule has 1 fully saturated rings. The second-order valence-electron chi connectivity index (χ2n) is 13.1. The van der Waals surface area contributed by atoms with Crippen molar-refractivity contribution in [2.75, 3.05) is 36.9 Å². The van der Waals surface area contributed by atoms with Gasteiger partial charge in [-0.1, -0.05) is 36.4 Å². The number of primary amides is 1. The lowest BCUT2D eigenvalue weighted by atomic mass is 9.95. The molecule has 0 radical (unpaired) electrons. The van der Waals surface area contributed by atoms with Gasteiger partial charge in [0.05, 0.1) is 6.61 Å². The summed E-state index contributed by atoms with van der Waals surface area (Å²) in [5.74, 6) is 0.699. The van der Waals surface area contributed by atoms with Crippen LogP contribution < -0.4 is 31.7 Å². The zero-order valence-electron chi connectivity index (χ0n) is 28.3. The number of nitrogens with two attached hydrogens (primary N) is 2. The molecule has 3 aliphatic rings. The van der Waals surface area contributed by atoms with Gasteiger partial charge >= 0.3 is 6.03 Å². The van der Waals surface area contributed by atoms with Crippen molar-refractivity contribution in [2.45, 2.75) is 70.9 Å². The number of nitrogens with zero attached hydrogens (tertiary/aromatic N) is 2. The molecule has 2 atom stereocenters. The van der Waals surface area contributed by atoms with Gasteiger partial charge in [-0.05, 0) is 104 Å². The zero-order valence-corrected chi connectivity index (χ0v) is 28.3. The fourth-order valence-electron chi connectivity index (χ4n) is 6.62. The third-order valence-corrected chi connectivity index (χ3v) is 9.49. The molecule has 0 aliphatic carbocycles. The van der Waals surface area contributed by atoms with Gasteiger partial charge in [-0.15, -0.1) is 0 Å². The molecular weight excluding hydrogens is 620 g/mol. The van der Waals surface area contributed by atoms with Crippen LogP contribution >= 0.6 is 0 Å². The van der Waals surface area contributed by atoms with Crippen molar-refractivity contribution in [1.29, 1.82) is 0 Å². The summed E-state index contributed by atoms with van der Waals surface area (Å²) in [4.78, 5) is 53.2. The minimum atomic E-state index is -0.675. The lowest BCUT2D eigenvalue weighted by Crippen LogP contribution is -2.47. The summed E-state index contributed by atoms with van der Waals surface area (Å²) in [5, 5.41) is 5.89. The van der Waals surface area contributed by atoms with Gasteiger partial charge in [0.25, 0.3) is 0 Å². The number of nitrogens with one attached hydrogen (secondary N) is 2. The van der Waals surface area contributed by atoms with Gasteiger partial charge in [0, 0.05) is 50.4 Å². The van der Waals surface area contributed by atoms with E-state index in [2.05, 4.69) is 10.6 Å². The molecule has 260 valence electrons. The minimum Gasteiger partial charge on any atom is -0.494 e. The van der Waals surface area contributed by atoms with Crippen molar-refractivity contribution < 1.29 is 23.9 Å². The van der Waals surface area contributed by atoms with Crippen LogP contribution in [0.5, 0.6) is 5.75 Å². The van der Waals surface area contributed by atoms with Crippen LogP contribution in [0.1, 0.15) is 60.8 Å². The van der Waals surface area contributed by atoms with E-state index in [0.717, 1.165) is 71.6 Å². The largest absolute Gasteiger partial charge is 0.494 e. The quantitative estimate of drug-likeness (QED) is 0.306. The van der Waals surface area contributed by atoms with Gasteiger partial charge in [0.2, 0.25) is 17.7 Å². The number of carbonyl (C=O) groups excluding carboxylic acids is 4. The number of hydrogen-bond donors (Lipinski definition) is 4. The van der Waals surface area contributed by atoms with Crippen LogP contribution in [0.15, 0.2) is 66.7 Å². The molecule has 3 heterocycles. The van der Waals surface area contributed by atoms with E-state index in [0.29, 0.717) is 45.0 Å². The molecule has 11 heteroatoms. The number of carbonyl (C=O) groups is 4. The molecule has 4 bridgehead atoms. The van der Waals surface area contributed by atoms with E-state index in [9.17, 15) is 19.2 Å². The number of aryl methyl sites for hydroxylation is 2. The monoisotopic (exact) mass is 668 g/mol. The molecule has 2 unspecified atom stereocenters. The third-order valence-electron chi connectivity index (χ3n) is 9.49. The Hall–Kier alpha value is -5.06. The first-order valence-electron chi connectivity index (χ1n) is 17.2. The lowest BCUT2D eigenvalue weighted by Gasteiger charge is -2.33. The second-order valence-corrected chi connectivity index (χ2v) is 13.1. The molecule has 6 rings (SSSR count). The number of ether oxygens (including phenoxy) is 1. The Labute approximate surface area is 288 Å². The van der Waals surface area contributed by atoms with E-state index >= 15 is 0 Å². The predicted octanol–water partition coefficient (Wildman–Crippen LogP) is 4.24. The Morgan fingerprint density at radius 3 is 2.55 bits per heavy atom. The second kappa shape index (κ2) is 16.9. The highest BCUT2D eigenvalue weighted by Gasteiger charge is 2.26. The molecule has 0 saturated carbocycles. The van der Waals surface area contributed by atoms with Crippen LogP contribution in [0.4, 0.5) is 16.2 Å². The number of piperidine rings is 1. The van der Waals surface area contributed by atoms with Crippen LogP contribution in [-0.4, -0.2) is 60.9 Å². The molecule has 0 aromatic heterocycles. The molecule has 11 nitrogen and oxygen atoms in total. The summed E-state index contributed by atoms with van der Waals surface area (Å²) in [6, 6.07) is 20.3. The van der Waals surface area contributed by atoms with Crippen molar-refractivity contribution in [1.82, 2.24) is 15.5 Å². The third kappa shape index (κ3) is 9.98. The van der Waals surface area contributed by atoms with Crippen molar-refractivity contribution in [3.63, 3.8) is 0 Å². The van der Waals surface area contributed by atoms with Crippen molar-refractivity contribution in [2.24, 2.45) is 11.7 Å². The van der Waals surface area contributed by atoms with Gasteiger partial charge in [0.15, 0.2) is 0 Å². The molecule has 49 heavy (non-hydrogen) atoms. The number of hydrogen-bond acceptors (Lipinski definition) is 6. The first-order chi connectivity index (χ1) is 23.7. The molecule has 5 amide bonds. The SMILES string of the molecule is Cc1ccc2cc1CNC(=O)C(CCc1ccccc1)NC(=O)CCC(=O)N1CCCC(CCO2)C1.NC(=O)N1CCc2cc(N)ccc21. The number of amides is 5. The molecular formula is C38H48N6O5. The Kier molecular flexibility index (Phi) is 12.1. The van der Waals surface area contributed by atoms with Crippen molar-refractivity contribution >= 4 is 35.1 Å². The van der Waals surface area contributed by atoms with Gasteiger partial charge in [-0.3, -0.25) is 19.3 Å². The highest BCUT2D eigenvalue weighted by Crippen LogP contribution is 2.29. The molecule has 0 spiro atoms. The molecule has 6 N–H and O–H groups in total. The maximum atomic E-state index is 13.2. The smallest absolute Gasteiger partial charge is 0.319 e. The highest BCUT2D eigenvalue weighted by molar-refractivity contribution is 5.93. The number of anilines is 2. The summed E-state index contributed by atoms with van der Waals surface area (Å²) in [6.45, 7) is 5.07. The summed E-state index contributed by atoms with van der Waals surface area (Å²) in [7, 11) is 0. The summed E-state index contributed by atoms with van der Waals surface area (Å²) >= 11 is 0. The minimum absolute atomic E-state index is 0.00495. The maximum absolute atomic E-state index is 13.2. The summed E-state index contributed by atoms with van der Waals surface area (Å²) in [6.07, 6.45) is 5.16. The fraction of sp³-hybridized carbons (Fsp3) is 0.421. The average molecular weight is 669 g/mol. The van der Waals surface area contributed by atoms with E-state index in [4.69, 9.17) is 16.2 Å². The average Bonchev–Trinajstić information content (AvgIpc) is 3.53. The van der Waals surface area contributed by atoms with E-state index in [-0.39, 0.29) is 30.6 Å². The van der Waals surface area contributed by atoms with Crippen LogP contribution in [0.2, 0.25) is 0 Å². The Bertz CT molecular complexity index is 1630. The number of nitrogen functional groups attached to an aromatic ring is 1. The first kappa shape index (κ1) is 35.3. The maximum Gasteiger partial charge on any atom is 0.319 e. The van der Waals surface area contributed by atoms with Gasteiger partial charge in [-0.25, -0.2) is 4.79 Å². The predicted molar refractivity (Wildman–Crippen MR) is 190 cm³/mol. The topological polar surface area (TPSA) is 160 Å². The standard InChI is InChI=1S/C29H37N3O4.C9H11N3O/c1-21-9-11-25-18-24(21)19-30-29(35)26(12-10-22-6-3-2-4-7-22)31-27(33)13-14-28(34)32-16-5-8-23(20-32)15-17-36-25;10-7-1-2-8-6(5-7)3-4-12(8)9(11)13/h2-4,6-7,9,11,18,23,26H,5,8,10,12-17,19-20H2,1H3,(H,30,35)(H,31,33);1-2,5H,3-4,10H2,(H2,11,13). The summed E-state index contributed by atoms with van der Waals surface area (Å²) < 4.78 is 6.04.